The molecule has 0 fully saturated rings. The van der Waals surface area contributed by atoms with Crippen LogP contribution in [0.2, 0.25) is 0 Å². The minimum absolute atomic E-state index is 0.0420. The molecule has 0 saturated carbocycles. The van der Waals surface area contributed by atoms with Crippen LogP contribution in [0.4, 0.5) is 5.69 Å². The SMILES string of the molecule is CCC(CC)C(=O)Nc1ccc(Oc2c(C)c(C(=O)O)nn2-c2ccc(C)cc2)c(S(=O)(=O)N[C@H](C)CC)c1. The zero-order valence-corrected chi connectivity index (χ0v) is 23.9. The van der Waals surface area contributed by atoms with E-state index in [-0.39, 0.29) is 45.6 Å². The van der Waals surface area contributed by atoms with Crippen LogP contribution in [0.15, 0.2) is 47.4 Å². The quantitative estimate of drug-likeness (QED) is 0.270. The van der Waals surface area contributed by atoms with Crippen molar-refractivity contribution in [1.29, 1.82) is 0 Å². The number of ether oxygens (including phenoxy) is 1. The number of anilines is 1. The number of nitrogens with zero attached hydrogens (tertiary/aromatic N) is 2. The first-order valence-electron chi connectivity index (χ1n) is 13.0. The molecule has 0 unspecified atom stereocenters. The lowest BCUT2D eigenvalue weighted by atomic mass is 10.0. The molecule has 3 aromatic rings. The summed E-state index contributed by atoms with van der Waals surface area (Å²) in [4.78, 5) is 24.4. The highest BCUT2D eigenvalue weighted by Gasteiger charge is 2.27. The van der Waals surface area contributed by atoms with Crippen LogP contribution >= 0.6 is 0 Å². The Balaban J connectivity index is 2.15. The number of hydrogen-bond donors (Lipinski definition) is 3. The van der Waals surface area contributed by atoms with Crippen molar-refractivity contribution in [2.75, 3.05) is 5.32 Å². The fraction of sp³-hybridized carbons (Fsp3) is 0.393. The van der Waals surface area contributed by atoms with Crippen LogP contribution in [-0.4, -0.2) is 41.2 Å². The first-order chi connectivity index (χ1) is 18.4. The second-order valence-electron chi connectivity index (χ2n) is 9.53. The Labute approximate surface area is 229 Å². The van der Waals surface area contributed by atoms with Gasteiger partial charge in [-0.2, -0.15) is 9.78 Å². The van der Waals surface area contributed by atoms with E-state index >= 15 is 0 Å². The van der Waals surface area contributed by atoms with Crippen molar-refractivity contribution >= 4 is 27.6 Å². The summed E-state index contributed by atoms with van der Waals surface area (Å²) in [6, 6.07) is 11.2. The molecule has 210 valence electrons. The Morgan fingerprint density at radius 1 is 1.03 bits per heavy atom. The number of amides is 1. The summed E-state index contributed by atoms with van der Waals surface area (Å²) in [5.74, 6) is -1.63. The molecule has 0 aliphatic heterocycles. The third-order valence-electron chi connectivity index (χ3n) is 6.58. The summed E-state index contributed by atoms with van der Waals surface area (Å²) in [7, 11) is -4.09. The van der Waals surface area contributed by atoms with E-state index in [9.17, 15) is 23.1 Å². The zero-order valence-electron chi connectivity index (χ0n) is 23.1. The molecule has 0 bridgehead atoms. The van der Waals surface area contributed by atoms with Gasteiger partial charge >= 0.3 is 5.97 Å². The number of aryl methyl sites for hydroxylation is 1. The first kappa shape index (κ1) is 29.9. The lowest BCUT2D eigenvalue weighted by Gasteiger charge is -2.18. The number of aromatic carboxylic acids is 1. The van der Waals surface area contributed by atoms with Gasteiger partial charge in [-0.05, 0) is 70.4 Å². The van der Waals surface area contributed by atoms with Gasteiger partial charge in [-0.15, -0.1) is 0 Å². The van der Waals surface area contributed by atoms with E-state index in [0.717, 1.165) is 5.56 Å². The summed E-state index contributed by atoms with van der Waals surface area (Å²) in [5.41, 5.74) is 1.86. The van der Waals surface area contributed by atoms with Crippen LogP contribution in [-0.2, 0) is 14.8 Å². The van der Waals surface area contributed by atoms with E-state index < -0.39 is 16.0 Å². The summed E-state index contributed by atoms with van der Waals surface area (Å²) in [5, 5.41) is 16.7. The van der Waals surface area contributed by atoms with Crippen LogP contribution in [0.5, 0.6) is 11.6 Å². The molecule has 1 heterocycles. The molecule has 10 nitrogen and oxygen atoms in total. The van der Waals surface area contributed by atoms with Gasteiger partial charge in [0.2, 0.25) is 21.8 Å². The van der Waals surface area contributed by atoms with Crippen molar-refractivity contribution in [3.05, 3.63) is 59.3 Å². The number of benzene rings is 2. The summed E-state index contributed by atoms with van der Waals surface area (Å²) >= 11 is 0. The maximum atomic E-state index is 13.5. The standard InChI is InChI=1S/C28H36N4O6S/c1-7-18(5)31-39(36,37)24-16-21(29-26(33)20(8-2)9-3)12-15-23(24)38-27-19(6)25(28(34)35)30-32(27)22-13-10-17(4)11-14-22/h10-16,18,20,31H,7-9H2,1-6H3,(H,29,33)(H,34,35)/t18-/m1/s1. The minimum Gasteiger partial charge on any atom is -0.476 e. The first-order valence-corrected chi connectivity index (χ1v) is 14.4. The third-order valence-corrected chi connectivity index (χ3v) is 8.19. The predicted octanol–water partition coefficient (Wildman–Crippen LogP) is 5.43. The molecule has 39 heavy (non-hydrogen) atoms. The smallest absolute Gasteiger partial charge is 0.356 e. The number of hydrogen-bond acceptors (Lipinski definition) is 6. The molecule has 3 rings (SSSR count). The molecular weight excluding hydrogens is 520 g/mol. The van der Waals surface area contributed by atoms with Gasteiger partial charge in [-0.1, -0.05) is 38.5 Å². The van der Waals surface area contributed by atoms with Crippen molar-refractivity contribution in [1.82, 2.24) is 14.5 Å². The molecule has 0 radical (unpaired) electrons. The van der Waals surface area contributed by atoms with Crippen LogP contribution in [0.25, 0.3) is 5.69 Å². The van der Waals surface area contributed by atoms with E-state index in [1.807, 2.05) is 39.8 Å². The molecule has 0 saturated heterocycles. The van der Waals surface area contributed by atoms with Crippen LogP contribution in [0.1, 0.15) is 68.6 Å². The average Bonchev–Trinajstić information content (AvgIpc) is 3.21. The van der Waals surface area contributed by atoms with Crippen LogP contribution < -0.4 is 14.8 Å². The number of sulfonamides is 1. The lowest BCUT2D eigenvalue weighted by molar-refractivity contribution is -0.120. The molecule has 0 aliphatic rings. The van der Waals surface area contributed by atoms with E-state index in [1.54, 1.807) is 32.0 Å². The second-order valence-corrected chi connectivity index (χ2v) is 11.2. The monoisotopic (exact) mass is 556 g/mol. The maximum absolute atomic E-state index is 13.5. The zero-order chi connectivity index (χ0) is 28.9. The van der Waals surface area contributed by atoms with Gasteiger partial charge in [-0.25, -0.2) is 17.9 Å². The molecule has 1 atom stereocenters. The van der Waals surface area contributed by atoms with Crippen molar-refractivity contribution in [2.45, 2.75) is 71.7 Å². The molecular formula is C28H36N4O6S. The van der Waals surface area contributed by atoms with Gasteiger partial charge in [-0.3, -0.25) is 4.79 Å². The maximum Gasteiger partial charge on any atom is 0.356 e. The molecule has 11 heteroatoms. The molecule has 1 amide bonds. The molecule has 2 aromatic carbocycles. The topological polar surface area (TPSA) is 140 Å². The normalized spacial score (nSPS) is 12.4. The second kappa shape index (κ2) is 12.4. The van der Waals surface area contributed by atoms with Gasteiger partial charge in [0.25, 0.3) is 0 Å². The Hall–Kier alpha value is -3.70. The summed E-state index contributed by atoms with van der Waals surface area (Å²) in [6.07, 6.45) is 1.86. The number of carboxylic acid groups (broad SMARTS) is 1. The van der Waals surface area contributed by atoms with Gasteiger partial charge in [0.15, 0.2) is 5.69 Å². The lowest BCUT2D eigenvalue weighted by Crippen LogP contribution is -2.32. The molecule has 0 spiro atoms. The van der Waals surface area contributed by atoms with Crippen molar-refractivity contribution in [3.8, 4) is 17.3 Å². The largest absolute Gasteiger partial charge is 0.476 e. The Bertz CT molecular complexity index is 1440. The fourth-order valence-electron chi connectivity index (χ4n) is 3.96. The van der Waals surface area contributed by atoms with Gasteiger partial charge in [0.05, 0.1) is 5.69 Å². The average molecular weight is 557 g/mol. The number of carbonyl (C=O) groups is 2. The Morgan fingerprint density at radius 2 is 1.67 bits per heavy atom. The van der Waals surface area contributed by atoms with Gasteiger partial charge in [0, 0.05) is 23.2 Å². The third kappa shape index (κ3) is 6.85. The highest BCUT2D eigenvalue weighted by atomic mass is 32.2. The fourth-order valence-corrected chi connectivity index (χ4v) is 5.44. The molecule has 0 aliphatic carbocycles. The number of carbonyl (C=O) groups excluding carboxylic acids is 1. The van der Waals surface area contributed by atoms with E-state index in [0.29, 0.717) is 30.6 Å². The highest BCUT2D eigenvalue weighted by molar-refractivity contribution is 7.89. The molecule has 1 aromatic heterocycles. The number of carboxylic acids is 1. The number of rotatable bonds is 12. The predicted molar refractivity (Wildman–Crippen MR) is 149 cm³/mol. The Kier molecular flexibility index (Phi) is 9.52. The van der Waals surface area contributed by atoms with Crippen LogP contribution in [0, 0.1) is 19.8 Å². The summed E-state index contributed by atoms with van der Waals surface area (Å²) < 4.78 is 37.0. The van der Waals surface area contributed by atoms with Crippen molar-refractivity contribution in [2.24, 2.45) is 5.92 Å². The van der Waals surface area contributed by atoms with E-state index in [2.05, 4.69) is 15.1 Å². The summed E-state index contributed by atoms with van der Waals surface area (Å²) in [6.45, 7) is 10.9. The van der Waals surface area contributed by atoms with Gasteiger partial charge < -0.3 is 15.2 Å². The van der Waals surface area contributed by atoms with Crippen molar-refractivity contribution in [3.63, 3.8) is 0 Å². The van der Waals surface area contributed by atoms with E-state index in [4.69, 9.17) is 4.74 Å². The number of nitrogens with one attached hydrogen (secondary N) is 2. The van der Waals surface area contributed by atoms with Gasteiger partial charge in [0.1, 0.15) is 10.6 Å². The van der Waals surface area contributed by atoms with Crippen molar-refractivity contribution < 1.29 is 27.9 Å². The molecule has 3 N–H and O–H groups in total. The van der Waals surface area contributed by atoms with Crippen LogP contribution in [0.3, 0.4) is 0 Å². The number of aromatic nitrogens is 2. The van der Waals surface area contributed by atoms with E-state index in [1.165, 1.54) is 16.8 Å². The highest BCUT2D eigenvalue weighted by Crippen LogP contribution is 2.35. The Morgan fingerprint density at radius 3 is 2.23 bits per heavy atom. The minimum atomic E-state index is -4.09.